The number of carbonyl (C=O) groups is 2. The quantitative estimate of drug-likeness (QED) is 0.199. The normalized spacial score (nSPS) is 24.0. The molecule has 39 heavy (non-hydrogen) atoms. The van der Waals surface area contributed by atoms with E-state index in [1.54, 1.807) is 0 Å². The molecule has 0 saturated heterocycles. The third-order valence-electron chi connectivity index (χ3n) is 8.25. The smallest absolute Gasteiger partial charge is 0.332 e. The van der Waals surface area contributed by atoms with Crippen LogP contribution in [0.5, 0.6) is 0 Å². The molecule has 0 aromatic heterocycles. The molecule has 0 unspecified atom stereocenters. The van der Waals surface area contributed by atoms with Crippen molar-refractivity contribution in [1.82, 2.24) is 10.2 Å². The molecule has 5 rings (SSSR count). The minimum absolute atomic E-state index is 0.112. The predicted octanol–water partition coefficient (Wildman–Crippen LogP) is 4.75. The van der Waals surface area contributed by atoms with Gasteiger partial charge in [0.1, 0.15) is 5.54 Å². The maximum atomic E-state index is 13.5. The fourth-order valence-electron chi connectivity index (χ4n) is 6.56. The lowest BCUT2D eigenvalue weighted by molar-refractivity contribution is -0.156. The van der Waals surface area contributed by atoms with Crippen molar-refractivity contribution in [3.05, 3.63) is 120 Å². The number of rotatable bonds is 13. The number of esters is 1. The maximum Gasteiger partial charge on any atom is 0.332 e. The standard InChI is InChI=1S/C33H36N2O4/c1-38-32(37)33(34-24-36)29-18-17-28(19-29)31(33)30(23-39-22-27-15-9-4-10-16-27)35(20-25-11-5-2-6-12-25)21-26-13-7-3-8-14-26/h2-18,24,28-31H,19-23H2,1H3,(H,34,36)/t28-,29+,30-,31+,33+/m1/s1. The second-order valence-electron chi connectivity index (χ2n) is 10.5. The molecule has 1 amide bonds. The molecule has 2 bridgehead atoms. The van der Waals surface area contributed by atoms with Gasteiger partial charge in [0, 0.05) is 31.0 Å². The summed E-state index contributed by atoms with van der Waals surface area (Å²) in [4.78, 5) is 27.9. The van der Waals surface area contributed by atoms with Gasteiger partial charge in [0.05, 0.1) is 20.3 Å². The largest absolute Gasteiger partial charge is 0.467 e. The van der Waals surface area contributed by atoms with Crippen LogP contribution in [0.2, 0.25) is 0 Å². The molecule has 2 aliphatic rings. The number of hydrogen-bond acceptors (Lipinski definition) is 5. The first-order chi connectivity index (χ1) is 19.2. The van der Waals surface area contributed by atoms with Gasteiger partial charge in [0.25, 0.3) is 0 Å². The number of fused-ring (bicyclic) bond motifs is 2. The van der Waals surface area contributed by atoms with Gasteiger partial charge in [-0.2, -0.15) is 0 Å². The Morgan fingerprint density at radius 3 is 2.03 bits per heavy atom. The number of carbonyl (C=O) groups excluding carboxylic acids is 2. The fraction of sp³-hybridized carbons (Fsp3) is 0.333. The minimum atomic E-state index is -1.15. The van der Waals surface area contributed by atoms with Gasteiger partial charge in [-0.25, -0.2) is 4.79 Å². The molecule has 0 spiro atoms. The van der Waals surface area contributed by atoms with E-state index in [9.17, 15) is 9.59 Å². The number of benzene rings is 3. The summed E-state index contributed by atoms with van der Waals surface area (Å²) in [7, 11) is 1.40. The van der Waals surface area contributed by atoms with Gasteiger partial charge in [0.15, 0.2) is 0 Å². The summed E-state index contributed by atoms with van der Waals surface area (Å²) >= 11 is 0. The van der Waals surface area contributed by atoms with Crippen LogP contribution in [0.15, 0.2) is 103 Å². The zero-order valence-corrected chi connectivity index (χ0v) is 22.3. The van der Waals surface area contributed by atoms with Crippen molar-refractivity contribution in [3.8, 4) is 0 Å². The van der Waals surface area contributed by atoms with Crippen LogP contribution >= 0.6 is 0 Å². The van der Waals surface area contributed by atoms with Crippen molar-refractivity contribution >= 4 is 12.4 Å². The fourth-order valence-corrected chi connectivity index (χ4v) is 6.56. The monoisotopic (exact) mass is 524 g/mol. The lowest BCUT2D eigenvalue weighted by atomic mass is 9.71. The first-order valence-corrected chi connectivity index (χ1v) is 13.6. The number of allylic oxidation sites excluding steroid dienone is 1. The van der Waals surface area contributed by atoms with Gasteiger partial charge in [-0.3, -0.25) is 9.69 Å². The highest BCUT2D eigenvalue weighted by Crippen LogP contribution is 2.53. The van der Waals surface area contributed by atoms with Crippen molar-refractivity contribution in [3.63, 3.8) is 0 Å². The van der Waals surface area contributed by atoms with Crippen LogP contribution in [0.1, 0.15) is 23.1 Å². The van der Waals surface area contributed by atoms with E-state index in [0.29, 0.717) is 32.7 Å². The summed E-state index contributed by atoms with van der Waals surface area (Å²) in [6, 6.07) is 30.6. The molecule has 0 radical (unpaired) electrons. The Kier molecular flexibility index (Phi) is 8.54. The number of nitrogens with zero attached hydrogens (tertiary/aromatic N) is 1. The molecule has 5 atom stereocenters. The lowest BCUT2D eigenvalue weighted by Gasteiger charge is -2.46. The molecular formula is C33H36N2O4. The summed E-state index contributed by atoms with van der Waals surface area (Å²) < 4.78 is 11.8. The van der Waals surface area contributed by atoms with Gasteiger partial charge in [-0.1, -0.05) is 103 Å². The third kappa shape index (κ3) is 5.68. The van der Waals surface area contributed by atoms with Crippen LogP contribution in [0.25, 0.3) is 0 Å². The van der Waals surface area contributed by atoms with Gasteiger partial charge in [0.2, 0.25) is 6.41 Å². The number of amides is 1. The van der Waals surface area contributed by atoms with Crippen molar-refractivity contribution in [2.45, 2.75) is 37.7 Å². The Morgan fingerprint density at radius 2 is 1.49 bits per heavy atom. The van der Waals surface area contributed by atoms with Crippen LogP contribution in [-0.2, 0) is 38.8 Å². The summed E-state index contributed by atoms with van der Waals surface area (Å²) in [5.74, 6) is -0.643. The molecule has 6 nitrogen and oxygen atoms in total. The van der Waals surface area contributed by atoms with Crippen LogP contribution in [0.3, 0.4) is 0 Å². The highest BCUT2D eigenvalue weighted by Gasteiger charge is 2.64. The van der Waals surface area contributed by atoms with E-state index in [0.717, 1.165) is 12.0 Å². The van der Waals surface area contributed by atoms with Gasteiger partial charge in [-0.05, 0) is 29.0 Å². The zero-order chi connectivity index (χ0) is 27.1. The Morgan fingerprint density at radius 1 is 0.923 bits per heavy atom. The average Bonchev–Trinajstić information content (AvgIpc) is 3.58. The van der Waals surface area contributed by atoms with Gasteiger partial charge >= 0.3 is 5.97 Å². The number of hydrogen-bond donors (Lipinski definition) is 1. The molecule has 3 aromatic carbocycles. The average molecular weight is 525 g/mol. The van der Waals surface area contributed by atoms with Crippen LogP contribution in [-0.4, -0.2) is 42.6 Å². The zero-order valence-electron chi connectivity index (χ0n) is 22.3. The summed E-state index contributed by atoms with van der Waals surface area (Å²) in [5, 5.41) is 2.97. The Bertz CT molecular complexity index is 1210. The topological polar surface area (TPSA) is 67.9 Å². The second-order valence-corrected chi connectivity index (χ2v) is 10.5. The Labute approximate surface area is 230 Å². The number of ether oxygens (including phenoxy) is 2. The summed E-state index contributed by atoms with van der Waals surface area (Å²) in [6.45, 7) is 2.20. The molecule has 1 fully saturated rings. The highest BCUT2D eigenvalue weighted by atomic mass is 16.5. The molecule has 0 heterocycles. The first-order valence-electron chi connectivity index (χ1n) is 13.6. The third-order valence-corrected chi connectivity index (χ3v) is 8.25. The van der Waals surface area contributed by atoms with Crippen molar-refractivity contribution < 1.29 is 19.1 Å². The maximum absolute atomic E-state index is 13.5. The van der Waals surface area contributed by atoms with Gasteiger partial charge in [-0.15, -0.1) is 0 Å². The van der Waals surface area contributed by atoms with E-state index in [1.807, 2.05) is 66.7 Å². The molecular weight excluding hydrogens is 488 g/mol. The van der Waals surface area contributed by atoms with Gasteiger partial charge < -0.3 is 14.8 Å². The summed E-state index contributed by atoms with van der Waals surface area (Å²) in [6.07, 6.45) is 5.71. The van der Waals surface area contributed by atoms with Crippen LogP contribution in [0, 0.1) is 17.8 Å². The molecule has 202 valence electrons. The molecule has 1 saturated carbocycles. The predicted molar refractivity (Wildman–Crippen MR) is 150 cm³/mol. The van der Waals surface area contributed by atoms with E-state index in [1.165, 1.54) is 18.2 Å². The summed E-state index contributed by atoms with van der Waals surface area (Å²) in [5.41, 5.74) is 2.29. The van der Waals surface area contributed by atoms with E-state index < -0.39 is 11.5 Å². The Hall–Kier alpha value is -3.74. The second kappa shape index (κ2) is 12.4. The van der Waals surface area contributed by atoms with Crippen molar-refractivity contribution in [1.29, 1.82) is 0 Å². The lowest BCUT2D eigenvalue weighted by Crippen LogP contribution is -2.65. The van der Waals surface area contributed by atoms with Crippen LogP contribution in [0.4, 0.5) is 0 Å². The number of methoxy groups -OCH3 is 1. The van der Waals surface area contributed by atoms with E-state index in [4.69, 9.17) is 9.47 Å². The van der Waals surface area contributed by atoms with Crippen LogP contribution < -0.4 is 5.32 Å². The van der Waals surface area contributed by atoms with E-state index in [2.05, 4.69) is 46.6 Å². The Balaban J connectivity index is 1.54. The molecule has 3 aromatic rings. The SMILES string of the molecule is COC(=O)[C@@]1(NC=O)[C@H]([C@@H](COCc2ccccc2)N(Cc2ccccc2)Cc2ccccc2)[C@@H]2C=C[C@H]1C2. The van der Waals surface area contributed by atoms with Crippen molar-refractivity contribution in [2.24, 2.45) is 17.8 Å². The molecule has 2 aliphatic carbocycles. The highest BCUT2D eigenvalue weighted by molar-refractivity contribution is 5.86. The van der Waals surface area contributed by atoms with E-state index >= 15 is 0 Å². The van der Waals surface area contributed by atoms with E-state index in [-0.39, 0.29) is 23.8 Å². The minimum Gasteiger partial charge on any atom is -0.467 e. The number of nitrogens with one attached hydrogen (secondary N) is 1. The molecule has 0 aliphatic heterocycles. The molecule has 6 heteroatoms. The molecule has 1 N–H and O–H groups in total. The van der Waals surface area contributed by atoms with Crippen molar-refractivity contribution in [2.75, 3.05) is 13.7 Å². The first kappa shape index (κ1) is 26.9.